The first-order valence-corrected chi connectivity index (χ1v) is 41.7. The summed E-state index contributed by atoms with van der Waals surface area (Å²) in [5.74, 6) is -3.18. The lowest BCUT2D eigenvalue weighted by Gasteiger charge is -2.34. The molecule has 1 unspecified atom stereocenters. The molecule has 9 rings (SSSR count). The van der Waals surface area contributed by atoms with Crippen molar-refractivity contribution in [2.45, 2.75) is 374 Å². The minimum Gasteiger partial charge on any atom is -0.444 e. The van der Waals surface area contributed by atoms with E-state index in [0.29, 0.717) is 64.6 Å². The van der Waals surface area contributed by atoms with Gasteiger partial charge in [-0.2, -0.15) is 5.26 Å². The molecule has 0 aromatic carbocycles. The quantitative estimate of drug-likeness (QED) is 0.0508. The number of carbonyl (C=O) groups is 12. The fourth-order valence-electron chi connectivity index (χ4n) is 18.3. The van der Waals surface area contributed by atoms with Gasteiger partial charge in [-0.05, 0) is 153 Å². The molecule has 3 aliphatic carbocycles. The number of nitrogens with one attached hydrogen (secondary N) is 6. The Morgan fingerprint density at radius 1 is 0.455 bits per heavy atom. The average molecular weight is 1550 g/mol. The molecule has 16 atom stereocenters. The first kappa shape index (κ1) is 90.1. The Balaban J connectivity index is 0.000000230. The Morgan fingerprint density at radius 3 is 1.02 bits per heavy atom. The summed E-state index contributed by atoms with van der Waals surface area (Å²) in [6.45, 7) is 29.9. The first-order valence-electron chi connectivity index (χ1n) is 41.7. The van der Waals surface area contributed by atoms with Gasteiger partial charge in [0, 0.05) is 19.6 Å². The van der Waals surface area contributed by atoms with Crippen molar-refractivity contribution in [3.05, 3.63) is 0 Å². The molecule has 0 aromatic heterocycles. The Kier molecular flexibility index (Phi) is 32.0. The second kappa shape index (κ2) is 39.1. The Morgan fingerprint density at radius 2 is 0.727 bits per heavy atom. The van der Waals surface area contributed by atoms with Crippen molar-refractivity contribution >= 4 is 71.7 Å². The van der Waals surface area contributed by atoms with Crippen molar-refractivity contribution in [2.24, 2.45) is 57.5 Å². The highest BCUT2D eigenvalue weighted by molar-refractivity contribution is 6.37. The number of piperidine rings is 3. The van der Waals surface area contributed by atoms with Crippen LogP contribution in [0.25, 0.3) is 0 Å². The highest BCUT2D eigenvalue weighted by Crippen LogP contribution is 2.67. The van der Waals surface area contributed by atoms with E-state index in [1.165, 1.54) is 0 Å². The zero-order valence-corrected chi connectivity index (χ0v) is 69.1. The average Bonchev–Trinajstić information content (AvgIpc) is 1.54. The molecular formula is C83H137N11O16. The van der Waals surface area contributed by atoms with Gasteiger partial charge in [-0.3, -0.25) is 38.4 Å². The van der Waals surface area contributed by atoms with E-state index in [-0.39, 0.29) is 81.3 Å². The summed E-state index contributed by atoms with van der Waals surface area (Å²) in [7, 11) is 0. The lowest BCUT2D eigenvalue weighted by molar-refractivity contribution is -0.143. The van der Waals surface area contributed by atoms with Crippen molar-refractivity contribution in [1.82, 2.24) is 46.6 Å². The van der Waals surface area contributed by atoms with Gasteiger partial charge in [-0.25, -0.2) is 14.4 Å². The maximum absolute atomic E-state index is 13.9. The zero-order chi connectivity index (χ0) is 81.4. The summed E-state index contributed by atoms with van der Waals surface area (Å²) in [5.41, 5.74) is 2.98. The summed E-state index contributed by atoms with van der Waals surface area (Å²) in [4.78, 5) is 161. The Bertz CT molecular complexity index is 3260. The number of nitrogens with two attached hydrogens (primary N) is 1. The smallest absolute Gasteiger partial charge is 0.408 e. The third-order valence-electron chi connectivity index (χ3n) is 24.7. The molecule has 0 aromatic rings. The molecule has 9 aliphatic rings. The van der Waals surface area contributed by atoms with Crippen LogP contribution in [0, 0.1) is 63.1 Å². The van der Waals surface area contributed by atoms with Crippen LogP contribution in [0.2, 0.25) is 0 Å². The fraction of sp³-hybridized carbons (Fsp3) is 0.843. The molecule has 10 amide bonds. The molecule has 6 saturated heterocycles. The van der Waals surface area contributed by atoms with Crippen molar-refractivity contribution in [3.8, 4) is 6.07 Å². The number of aliphatic hydroxyl groups is 1. The maximum Gasteiger partial charge on any atom is 0.408 e. The SMILES string of the molecule is CC(C)(C)OC(=O)N[C@H]1CCCCCCCCCC[C@@H](C(=O)C(N)=O)NC(=O)[C@@H]2[C@@H]3[C@H](CN2C1=O)C3(C)C.CC(C)(C)OC(=O)N[C@H]1CCCCCCCCCC[C@@H](C(O)C#N)NC(=O)[C@@H]2[C@@H]3[C@H](CN2C1=O)C3(C)C.CC(C)(C)OC(=O)N[C@H]1CCCCCCCCCC[C@@H](C=O)NC(=O)[C@@H]2[C@@H]3[C@H](CN2C1=O)C3(C)C. The van der Waals surface area contributed by atoms with Gasteiger partial charge in [-0.15, -0.1) is 0 Å². The van der Waals surface area contributed by atoms with Gasteiger partial charge in [0.2, 0.25) is 41.2 Å². The Hall–Kier alpha value is -7.11. The third kappa shape index (κ3) is 24.9. The second-order valence-electron chi connectivity index (χ2n) is 37.7. The number of hydrogen-bond acceptors (Lipinski definition) is 17. The zero-order valence-electron chi connectivity index (χ0n) is 69.1. The number of hydrogen-bond donors (Lipinski definition) is 8. The van der Waals surface area contributed by atoms with Gasteiger partial charge in [0.25, 0.3) is 5.91 Å². The summed E-state index contributed by atoms with van der Waals surface area (Å²) in [6, 6.07) is -4.79. The molecule has 9 fully saturated rings. The molecule has 6 heterocycles. The van der Waals surface area contributed by atoms with Gasteiger partial charge in [0.15, 0.2) is 6.10 Å². The van der Waals surface area contributed by atoms with Crippen LogP contribution in [0.5, 0.6) is 0 Å². The molecular weight excluding hydrogens is 1410 g/mol. The third-order valence-corrected chi connectivity index (χ3v) is 24.7. The van der Waals surface area contributed by atoms with Crippen LogP contribution >= 0.6 is 0 Å². The van der Waals surface area contributed by atoms with Crippen LogP contribution in [-0.2, 0) is 57.4 Å². The molecule has 0 bridgehead atoms. The van der Waals surface area contributed by atoms with Gasteiger partial charge < -0.3 is 76.4 Å². The summed E-state index contributed by atoms with van der Waals surface area (Å²) in [6.07, 6.45) is 24.1. The van der Waals surface area contributed by atoms with Gasteiger partial charge >= 0.3 is 18.3 Å². The van der Waals surface area contributed by atoms with Gasteiger partial charge in [-0.1, -0.05) is 196 Å². The van der Waals surface area contributed by atoms with Crippen molar-refractivity contribution in [1.29, 1.82) is 5.26 Å². The molecule has 9 N–H and O–H groups in total. The molecule has 0 spiro atoms. The van der Waals surface area contributed by atoms with E-state index in [0.717, 1.165) is 154 Å². The number of ketones is 1. The van der Waals surface area contributed by atoms with Crippen LogP contribution in [0.1, 0.15) is 296 Å². The van der Waals surface area contributed by atoms with Crippen LogP contribution in [-0.4, -0.2) is 188 Å². The number of amides is 10. The molecule has 6 aliphatic heterocycles. The normalized spacial score (nSPS) is 31.8. The number of nitrogens with zero attached hydrogens (tertiary/aromatic N) is 4. The second-order valence-corrected chi connectivity index (χ2v) is 37.7. The van der Waals surface area contributed by atoms with Crippen LogP contribution < -0.4 is 37.6 Å². The molecule has 110 heavy (non-hydrogen) atoms. The van der Waals surface area contributed by atoms with Gasteiger partial charge in [0.05, 0.1) is 24.2 Å². The number of primary amides is 1. The largest absolute Gasteiger partial charge is 0.444 e. The molecule has 27 heteroatoms. The number of aldehydes is 1. The number of rotatable bonds is 7. The molecule has 0 radical (unpaired) electrons. The number of nitriles is 1. The number of carbonyl (C=O) groups excluding carboxylic acids is 12. The summed E-state index contributed by atoms with van der Waals surface area (Å²) < 4.78 is 16.3. The van der Waals surface area contributed by atoms with Gasteiger partial charge in [0.1, 0.15) is 59.3 Å². The topological polar surface area (TPSA) is 384 Å². The fourth-order valence-corrected chi connectivity index (χ4v) is 18.3. The minimum atomic E-state index is -1.30. The van der Waals surface area contributed by atoms with E-state index in [9.17, 15) is 67.9 Å². The van der Waals surface area contributed by atoms with Crippen LogP contribution in [0.4, 0.5) is 14.4 Å². The van der Waals surface area contributed by atoms with E-state index in [1.54, 1.807) is 77.0 Å². The monoisotopic (exact) mass is 1540 g/mol. The van der Waals surface area contributed by atoms with E-state index >= 15 is 0 Å². The summed E-state index contributed by atoms with van der Waals surface area (Å²) >= 11 is 0. The van der Waals surface area contributed by atoms with E-state index < -0.39 is 113 Å². The minimum absolute atomic E-state index is 0.000545. The van der Waals surface area contributed by atoms with Crippen LogP contribution in [0.3, 0.4) is 0 Å². The van der Waals surface area contributed by atoms with Crippen molar-refractivity contribution in [3.63, 3.8) is 0 Å². The molecule has 620 valence electrons. The lowest BCUT2D eigenvalue weighted by atomic mass is 9.97. The summed E-state index contributed by atoms with van der Waals surface area (Å²) in [5, 5.41) is 36.6. The first-order chi connectivity index (χ1) is 51.6. The van der Waals surface area contributed by atoms with Crippen LogP contribution in [0.15, 0.2) is 0 Å². The predicted molar refractivity (Wildman–Crippen MR) is 414 cm³/mol. The standard InChI is InChI=1S/C28H46N4O6.C28H46N4O5.C27H45N3O5/c1-27(2,3)38-26(37)31-19-15-13-11-9-7-6-8-10-12-14-18(22(33)23(29)34)30-24(35)21-20-17(28(20,4)5)16-32(21)25(19)36;1-27(2,3)37-26(36)31-20-15-13-11-9-7-6-8-10-12-14-19(21(33)16-29)30-24(34)23-22-18(28(22,4)5)17-32(23)25(20)35;1-26(2,3)35-25(34)29-20-15-13-11-9-7-6-8-10-12-14-18(17-31)28-23(32)22-21-19(27(21,4)5)16-30(22)24(20)33/h17-21H,6-16H2,1-5H3,(H2,29,34)(H,30,35)(H,31,37);18-23,33H,6-15,17H2,1-5H3,(H,30,34)(H,31,36);17-22H,6-16H2,1-5H3,(H,28,32)(H,29,34)/t17-,18-,19-,20-,21-;18-,19-,20-,21?,22-,23-;18-,19-,20-,21-,22-/m000/s1. The highest BCUT2D eigenvalue weighted by Gasteiger charge is 2.72. The number of Topliss-reactive ketones (excluding diaryl/α,β-unsaturated/α-hetero) is 1. The number of fused-ring (bicyclic) bond motifs is 9. The highest BCUT2D eigenvalue weighted by atomic mass is 16.6. The van der Waals surface area contributed by atoms with E-state index in [1.807, 2.05) is 6.07 Å². The van der Waals surface area contributed by atoms with Crippen molar-refractivity contribution in [2.75, 3.05) is 19.6 Å². The molecule has 27 nitrogen and oxygen atoms in total. The van der Waals surface area contributed by atoms with E-state index in [4.69, 9.17) is 19.9 Å². The Labute approximate surface area is 654 Å². The van der Waals surface area contributed by atoms with Crippen molar-refractivity contribution < 1.29 is 76.9 Å². The maximum atomic E-state index is 13.9. The van der Waals surface area contributed by atoms with E-state index in [2.05, 4.69) is 73.4 Å². The number of aliphatic hydroxyl groups excluding tert-OH is 1. The number of alkyl carbamates (subject to hydrolysis) is 3. The lowest BCUT2D eigenvalue weighted by Crippen LogP contribution is -2.58. The number of ether oxygens (including phenoxy) is 3. The predicted octanol–water partition coefficient (Wildman–Crippen LogP) is 10.4. The molecule has 3 saturated carbocycles.